The molecule has 0 aliphatic carbocycles. The fraction of sp³-hybridized carbons (Fsp3) is 0.667. The number of anilines is 2. The molecule has 2 aliphatic rings. The van der Waals surface area contributed by atoms with Gasteiger partial charge in [-0.05, 0) is 32.5 Å². The molecular weight excluding hydrogens is 318 g/mol. The Balaban J connectivity index is 1.55. The van der Waals surface area contributed by atoms with Crippen LogP contribution in [0.5, 0.6) is 0 Å². The Labute approximate surface area is 149 Å². The minimum absolute atomic E-state index is 0.0427. The van der Waals surface area contributed by atoms with Crippen LogP contribution in [0.25, 0.3) is 0 Å². The minimum atomic E-state index is -0.0427. The van der Waals surface area contributed by atoms with E-state index in [1.165, 1.54) is 0 Å². The lowest BCUT2D eigenvalue weighted by Crippen LogP contribution is -2.49. The Kier molecular flexibility index (Phi) is 5.75. The summed E-state index contributed by atoms with van der Waals surface area (Å²) in [6.07, 6.45) is 2.14. The van der Waals surface area contributed by atoms with Crippen molar-refractivity contribution in [1.29, 1.82) is 0 Å². The summed E-state index contributed by atoms with van der Waals surface area (Å²) in [6.45, 7) is 12.5. The van der Waals surface area contributed by atoms with Gasteiger partial charge in [0.2, 0.25) is 0 Å². The van der Waals surface area contributed by atoms with Crippen molar-refractivity contribution in [1.82, 2.24) is 14.8 Å². The molecule has 3 rings (SSSR count). The van der Waals surface area contributed by atoms with Crippen molar-refractivity contribution in [3.8, 4) is 0 Å². The number of rotatable bonds is 3. The highest BCUT2D eigenvalue weighted by Crippen LogP contribution is 2.20. The molecule has 0 saturated carbocycles. The molecule has 25 heavy (non-hydrogen) atoms. The lowest BCUT2D eigenvalue weighted by molar-refractivity contribution is -0.00545. The van der Waals surface area contributed by atoms with Gasteiger partial charge in [-0.3, -0.25) is 0 Å². The first-order valence-electron chi connectivity index (χ1n) is 9.20. The number of likely N-dealkylation sites (N-methyl/N-ethyl adjacent to an activating group) is 1. The number of amides is 2. The van der Waals surface area contributed by atoms with E-state index in [0.717, 1.165) is 57.3 Å². The number of ether oxygens (including phenoxy) is 1. The van der Waals surface area contributed by atoms with Gasteiger partial charge in [0.05, 0.1) is 24.1 Å². The van der Waals surface area contributed by atoms with Crippen molar-refractivity contribution in [2.45, 2.75) is 33.0 Å². The minimum Gasteiger partial charge on any atom is -0.372 e. The lowest BCUT2D eigenvalue weighted by atomic mass is 10.2. The number of morpholine rings is 1. The van der Waals surface area contributed by atoms with Crippen molar-refractivity contribution in [2.75, 3.05) is 56.0 Å². The van der Waals surface area contributed by atoms with Crippen LogP contribution in [-0.2, 0) is 4.74 Å². The van der Waals surface area contributed by atoms with Gasteiger partial charge < -0.3 is 24.8 Å². The third-order valence-electron chi connectivity index (χ3n) is 4.85. The molecule has 138 valence electrons. The highest BCUT2D eigenvalue weighted by atomic mass is 16.5. The Morgan fingerprint density at radius 2 is 1.88 bits per heavy atom. The highest BCUT2D eigenvalue weighted by Gasteiger charge is 2.23. The first kappa shape index (κ1) is 17.9. The number of hydrogen-bond acceptors (Lipinski definition) is 5. The molecule has 1 aromatic rings. The predicted octanol–water partition coefficient (Wildman–Crippen LogP) is 1.86. The van der Waals surface area contributed by atoms with E-state index in [1.54, 1.807) is 6.20 Å². The topological polar surface area (TPSA) is 60.9 Å². The van der Waals surface area contributed by atoms with Crippen LogP contribution in [0, 0.1) is 0 Å². The number of hydrogen-bond donors (Lipinski definition) is 1. The second kappa shape index (κ2) is 8.01. The van der Waals surface area contributed by atoms with Gasteiger partial charge in [-0.1, -0.05) is 6.92 Å². The summed E-state index contributed by atoms with van der Waals surface area (Å²) in [5.74, 6) is 0.927. The third-order valence-corrected chi connectivity index (χ3v) is 4.85. The van der Waals surface area contributed by atoms with Crippen LogP contribution in [0.4, 0.5) is 16.3 Å². The van der Waals surface area contributed by atoms with E-state index < -0.39 is 0 Å². The maximum Gasteiger partial charge on any atom is 0.321 e. The molecule has 2 saturated heterocycles. The maximum absolute atomic E-state index is 12.4. The number of nitrogens with zero attached hydrogens (tertiary/aromatic N) is 4. The molecule has 0 spiro atoms. The number of pyridine rings is 1. The number of piperazine rings is 1. The van der Waals surface area contributed by atoms with Crippen LogP contribution in [0.3, 0.4) is 0 Å². The summed E-state index contributed by atoms with van der Waals surface area (Å²) in [7, 11) is 0. The van der Waals surface area contributed by atoms with Crippen LogP contribution in [0.1, 0.15) is 20.8 Å². The maximum atomic E-state index is 12.4. The summed E-state index contributed by atoms with van der Waals surface area (Å²) < 4.78 is 5.76. The predicted molar refractivity (Wildman–Crippen MR) is 99.2 cm³/mol. The van der Waals surface area contributed by atoms with Crippen molar-refractivity contribution >= 4 is 17.5 Å². The van der Waals surface area contributed by atoms with E-state index in [-0.39, 0.29) is 18.2 Å². The van der Waals surface area contributed by atoms with Gasteiger partial charge in [-0.15, -0.1) is 0 Å². The Bertz CT molecular complexity index is 561. The molecule has 2 unspecified atom stereocenters. The zero-order valence-corrected chi connectivity index (χ0v) is 15.4. The quantitative estimate of drug-likeness (QED) is 0.904. The molecule has 0 aromatic carbocycles. The fourth-order valence-electron chi connectivity index (χ4n) is 3.48. The van der Waals surface area contributed by atoms with Gasteiger partial charge in [-0.25, -0.2) is 9.78 Å². The van der Waals surface area contributed by atoms with E-state index in [4.69, 9.17) is 4.74 Å². The van der Waals surface area contributed by atoms with Crippen LogP contribution < -0.4 is 10.2 Å². The summed E-state index contributed by atoms with van der Waals surface area (Å²) >= 11 is 0. The Morgan fingerprint density at radius 3 is 2.44 bits per heavy atom. The summed E-state index contributed by atoms with van der Waals surface area (Å²) in [6, 6.07) is 3.85. The average Bonchev–Trinajstić information content (AvgIpc) is 2.61. The molecule has 7 nitrogen and oxygen atoms in total. The summed E-state index contributed by atoms with van der Waals surface area (Å²) in [5.41, 5.74) is 0.737. The molecule has 2 fully saturated rings. The molecule has 2 amide bonds. The van der Waals surface area contributed by atoms with E-state index >= 15 is 0 Å². The zero-order valence-electron chi connectivity index (χ0n) is 15.4. The SMILES string of the molecule is CCN1CCN(C(=O)Nc2ccc(N3CC(C)OC(C)C3)nc2)CC1. The van der Waals surface area contributed by atoms with E-state index in [1.807, 2.05) is 17.0 Å². The molecule has 2 atom stereocenters. The molecule has 3 heterocycles. The van der Waals surface area contributed by atoms with Crippen LogP contribution >= 0.6 is 0 Å². The second-order valence-corrected chi connectivity index (χ2v) is 6.92. The Morgan fingerprint density at radius 1 is 1.20 bits per heavy atom. The van der Waals surface area contributed by atoms with E-state index in [0.29, 0.717) is 0 Å². The van der Waals surface area contributed by atoms with Crippen LogP contribution in [-0.4, -0.2) is 78.8 Å². The van der Waals surface area contributed by atoms with E-state index in [2.05, 4.69) is 40.9 Å². The lowest BCUT2D eigenvalue weighted by Gasteiger charge is -2.36. The molecule has 2 aliphatic heterocycles. The third kappa shape index (κ3) is 4.61. The molecule has 1 N–H and O–H groups in total. The van der Waals surface area contributed by atoms with Crippen LogP contribution in [0.2, 0.25) is 0 Å². The molecule has 0 radical (unpaired) electrons. The zero-order chi connectivity index (χ0) is 17.8. The van der Waals surface area contributed by atoms with Gasteiger partial charge in [0.15, 0.2) is 0 Å². The Hall–Kier alpha value is -1.86. The molecule has 1 aromatic heterocycles. The fourth-order valence-corrected chi connectivity index (χ4v) is 3.48. The number of nitrogens with one attached hydrogen (secondary N) is 1. The van der Waals surface area contributed by atoms with Crippen molar-refractivity contribution in [3.05, 3.63) is 18.3 Å². The van der Waals surface area contributed by atoms with Gasteiger partial charge >= 0.3 is 6.03 Å². The standard InChI is InChI=1S/C18H29N5O2/c1-4-21-7-9-22(10-8-21)18(24)20-16-5-6-17(19-11-16)23-12-14(2)25-15(3)13-23/h5-6,11,14-15H,4,7-10,12-13H2,1-3H3,(H,20,24). The number of carbonyl (C=O) groups is 1. The van der Waals surface area contributed by atoms with Gasteiger partial charge in [0.25, 0.3) is 0 Å². The summed E-state index contributed by atoms with van der Waals surface area (Å²) in [4.78, 5) is 23.3. The van der Waals surface area contributed by atoms with Crippen molar-refractivity contribution < 1.29 is 9.53 Å². The van der Waals surface area contributed by atoms with Crippen molar-refractivity contribution in [3.63, 3.8) is 0 Å². The number of carbonyl (C=O) groups excluding carboxylic acids is 1. The average molecular weight is 347 g/mol. The van der Waals surface area contributed by atoms with Gasteiger partial charge in [0, 0.05) is 39.3 Å². The second-order valence-electron chi connectivity index (χ2n) is 6.92. The van der Waals surface area contributed by atoms with Gasteiger partial charge in [0.1, 0.15) is 5.82 Å². The van der Waals surface area contributed by atoms with Crippen LogP contribution in [0.15, 0.2) is 18.3 Å². The molecular formula is C18H29N5O2. The first-order valence-corrected chi connectivity index (χ1v) is 9.20. The largest absolute Gasteiger partial charge is 0.372 e. The molecule has 0 bridgehead atoms. The smallest absolute Gasteiger partial charge is 0.321 e. The molecule has 7 heteroatoms. The van der Waals surface area contributed by atoms with E-state index in [9.17, 15) is 4.79 Å². The summed E-state index contributed by atoms with van der Waals surface area (Å²) in [5, 5.41) is 2.95. The van der Waals surface area contributed by atoms with Gasteiger partial charge in [-0.2, -0.15) is 0 Å². The number of aromatic nitrogens is 1. The van der Waals surface area contributed by atoms with Crippen molar-refractivity contribution in [2.24, 2.45) is 0 Å². The first-order chi connectivity index (χ1) is 12.0. The highest BCUT2D eigenvalue weighted by molar-refractivity contribution is 5.89. The normalized spacial score (nSPS) is 25.1. The monoisotopic (exact) mass is 347 g/mol. The number of urea groups is 1.